The molecule has 0 radical (unpaired) electrons. The van der Waals surface area contributed by atoms with E-state index in [2.05, 4.69) is 14.9 Å². The molecule has 0 aromatic carbocycles. The van der Waals surface area contributed by atoms with Gasteiger partial charge in [-0.15, -0.1) is 0 Å². The zero-order chi connectivity index (χ0) is 16.9. The van der Waals surface area contributed by atoms with E-state index in [1.54, 1.807) is 0 Å². The number of ether oxygens (including phenoxy) is 2. The lowest BCUT2D eigenvalue weighted by Crippen LogP contribution is -2.49. The van der Waals surface area contributed by atoms with Crippen LogP contribution in [0.5, 0.6) is 5.88 Å². The number of hydrogen-bond acceptors (Lipinski definition) is 6. The fourth-order valence-electron chi connectivity index (χ4n) is 3.17. The molecule has 3 heterocycles. The minimum absolute atomic E-state index is 0.115. The van der Waals surface area contributed by atoms with Crippen LogP contribution in [0.15, 0.2) is 6.07 Å². The number of aromatic nitrogens is 2. The Morgan fingerprint density at radius 2 is 2.12 bits per heavy atom. The van der Waals surface area contributed by atoms with Gasteiger partial charge in [-0.2, -0.15) is 4.98 Å². The van der Waals surface area contributed by atoms with Crippen LogP contribution in [-0.4, -0.2) is 66.3 Å². The molecule has 0 bridgehead atoms. The summed E-state index contributed by atoms with van der Waals surface area (Å²) in [7, 11) is 0. The number of carbonyl (C=O) groups excluding carboxylic acids is 1. The van der Waals surface area contributed by atoms with E-state index in [1.165, 1.54) is 0 Å². The number of hydrogen-bond donors (Lipinski definition) is 0. The zero-order valence-corrected chi connectivity index (χ0v) is 14.5. The van der Waals surface area contributed by atoms with Crippen molar-refractivity contribution in [3.8, 4) is 5.88 Å². The lowest BCUT2D eigenvalue weighted by atomic mass is 10.1. The summed E-state index contributed by atoms with van der Waals surface area (Å²) in [5, 5.41) is 0. The van der Waals surface area contributed by atoms with Crippen LogP contribution in [0.3, 0.4) is 0 Å². The first-order valence-electron chi connectivity index (χ1n) is 8.78. The molecule has 1 aromatic rings. The maximum Gasteiger partial charge on any atom is 0.228 e. The van der Waals surface area contributed by atoms with Crippen molar-refractivity contribution >= 4 is 11.9 Å². The highest BCUT2D eigenvalue weighted by atomic mass is 16.5. The molecule has 2 aliphatic heterocycles. The van der Waals surface area contributed by atoms with Crippen molar-refractivity contribution in [2.45, 2.75) is 39.2 Å². The summed E-state index contributed by atoms with van der Waals surface area (Å²) < 4.78 is 11.1. The molecular weight excluding hydrogens is 308 g/mol. The second kappa shape index (κ2) is 7.79. The van der Waals surface area contributed by atoms with Gasteiger partial charge in [-0.3, -0.25) is 4.79 Å². The Hall–Kier alpha value is -1.89. The summed E-state index contributed by atoms with van der Waals surface area (Å²) in [5.41, 5.74) is 0.889. The van der Waals surface area contributed by atoms with Gasteiger partial charge in [0.05, 0.1) is 19.1 Å². The monoisotopic (exact) mass is 334 g/mol. The van der Waals surface area contributed by atoms with E-state index in [0.717, 1.165) is 38.2 Å². The van der Waals surface area contributed by atoms with Crippen LogP contribution in [-0.2, 0) is 9.53 Å². The van der Waals surface area contributed by atoms with Crippen LogP contribution in [0, 0.1) is 6.92 Å². The summed E-state index contributed by atoms with van der Waals surface area (Å²) >= 11 is 0. The van der Waals surface area contributed by atoms with E-state index >= 15 is 0 Å². The van der Waals surface area contributed by atoms with Gasteiger partial charge >= 0.3 is 0 Å². The Morgan fingerprint density at radius 3 is 2.79 bits per heavy atom. The number of nitrogens with zero attached hydrogens (tertiary/aromatic N) is 4. The van der Waals surface area contributed by atoms with Gasteiger partial charge in [0, 0.05) is 44.5 Å². The third-order valence-corrected chi connectivity index (χ3v) is 4.45. The van der Waals surface area contributed by atoms with E-state index in [1.807, 2.05) is 24.8 Å². The predicted octanol–water partition coefficient (Wildman–Crippen LogP) is 1.40. The molecule has 1 amide bonds. The Labute approximate surface area is 143 Å². The first kappa shape index (κ1) is 17.0. The molecule has 24 heavy (non-hydrogen) atoms. The average Bonchev–Trinajstić information content (AvgIpc) is 3.08. The van der Waals surface area contributed by atoms with Gasteiger partial charge in [-0.1, -0.05) is 0 Å². The molecule has 2 fully saturated rings. The van der Waals surface area contributed by atoms with Gasteiger partial charge in [-0.25, -0.2) is 4.98 Å². The second-order valence-electron chi connectivity index (χ2n) is 6.29. The molecule has 0 aliphatic carbocycles. The SMILES string of the molecule is CCOc1cc(C)nc(N2CCN(C(=O)C[C@@H]3CCCO3)CC2)n1. The Kier molecular flexibility index (Phi) is 5.50. The van der Waals surface area contributed by atoms with E-state index < -0.39 is 0 Å². The van der Waals surface area contributed by atoms with Gasteiger partial charge in [0.15, 0.2) is 0 Å². The van der Waals surface area contributed by atoms with E-state index in [0.29, 0.717) is 37.9 Å². The van der Waals surface area contributed by atoms with E-state index in [9.17, 15) is 4.79 Å². The van der Waals surface area contributed by atoms with Gasteiger partial charge < -0.3 is 19.3 Å². The van der Waals surface area contributed by atoms with Crippen molar-refractivity contribution in [1.29, 1.82) is 0 Å². The number of anilines is 1. The van der Waals surface area contributed by atoms with Gasteiger partial charge in [0.25, 0.3) is 0 Å². The molecule has 0 unspecified atom stereocenters. The Morgan fingerprint density at radius 1 is 1.33 bits per heavy atom. The topological polar surface area (TPSA) is 67.8 Å². The number of aryl methyl sites for hydroxylation is 1. The molecule has 2 saturated heterocycles. The largest absolute Gasteiger partial charge is 0.478 e. The van der Waals surface area contributed by atoms with Gasteiger partial charge in [0.1, 0.15) is 0 Å². The summed E-state index contributed by atoms with van der Waals surface area (Å²) in [4.78, 5) is 25.4. The fourth-order valence-corrected chi connectivity index (χ4v) is 3.17. The van der Waals surface area contributed by atoms with Crippen LogP contribution in [0.2, 0.25) is 0 Å². The van der Waals surface area contributed by atoms with Gasteiger partial charge in [0.2, 0.25) is 17.7 Å². The Bertz CT molecular complexity index is 567. The van der Waals surface area contributed by atoms with Crippen molar-refractivity contribution in [2.24, 2.45) is 0 Å². The van der Waals surface area contributed by atoms with Crippen molar-refractivity contribution in [3.63, 3.8) is 0 Å². The zero-order valence-electron chi connectivity index (χ0n) is 14.5. The van der Waals surface area contributed by atoms with Crippen molar-refractivity contribution in [1.82, 2.24) is 14.9 Å². The summed E-state index contributed by atoms with van der Waals surface area (Å²) in [6.45, 7) is 8.14. The molecule has 7 heteroatoms. The highest BCUT2D eigenvalue weighted by molar-refractivity contribution is 5.77. The molecule has 0 N–H and O–H groups in total. The highest BCUT2D eigenvalue weighted by Crippen LogP contribution is 2.19. The third-order valence-electron chi connectivity index (χ3n) is 4.45. The number of carbonyl (C=O) groups is 1. The molecular formula is C17H26N4O3. The maximum atomic E-state index is 12.4. The first-order valence-corrected chi connectivity index (χ1v) is 8.78. The van der Waals surface area contributed by atoms with Crippen LogP contribution in [0.4, 0.5) is 5.95 Å². The molecule has 1 atom stereocenters. The standard InChI is InChI=1S/C17H26N4O3/c1-3-23-15-11-13(2)18-17(19-15)21-8-6-20(7-9-21)16(22)12-14-5-4-10-24-14/h11,14H,3-10,12H2,1-2H3/t14-/m0/s1. The lowest BCUT2D eigenvalue weighted by molar-refractivity contribution is -0.133. The minimum atomic E-state index is 0.115. The van der Waals surface area contributed by atoms with Gasteiger partial charge in [-0.05, 0) is 26.7 Å². The molecule has 0 saturated carbocycles. The molecule has 7 nitrogen and oxygen atoms in total. The highest BCUT2D eigenvalue weighted by Gasteiger charge is 2.26. The molecule has 1 aromatic heterocycles. The van der Waals surface area contributed by atoms with Crippen LogP contribution in [0.1, 0.15) is 31.9 Å². The average molecular weight is 334 g/mol. The van der Waals surface area contributed by atoms with Crippen LogP contribution in [0.25, 0.3) is 0 Å². The molecule has 132 valence electrons. The van der Waals surface area contributed by atoms with Crippen molar-refractivity contribution in [3.05, 3.63) is 11.8 Å². The summed E-state index contributed by atoms with van der Waals surface area (Å²) in [5.74, 6) is 1.49. The Balaban J connectivity index is 1.55. The normalized spacial score (nSPS) is 21.2. The molecule has 0 spiro atoms. The summed E-state index contributed by atoms with van der Waals surface area (Å²) in [6, 6.07) is 1.84. The fraction of sp³-hybridized carbons (Fsp3) is 0.706. The molecule has 2 aliphatic rings. The van der Waals surface area contributed by atoms with E-state index in [4.69, 9.17) is 9.47 Å². The second-order valence-corrected chi connectivity index (χ2v) is 6.29. The van der Waals surface area contributed by atoms with Crippen molar-refractivity contribution < 1.29 is 14.3 Å². The van der Waals surface area contributed by atoms with Crippen LogP contribution >= 0.6 is 0 Å². The van der Waals surface area contributed by atoms with Crippen molar-refractivity contribution in [2.75, 3.05) is 44.3 Å². The van der Waals surface area contributed by atoms with E-state index in [-0.39, 0.29) is 12.0 Å². The first-order chi connectivity index (χ1) is 11.7. The quantitative estimate of drug-likeness (QED) is 0.811. The third kappa shape index (κ3) is 4.14. The number of rotatable bonds is 5. The molecule has 3 rings (SSSR count). The maximum absolute atomic E-state index is 12.4. The number of piperazine rings is 1. The van der Waals surface area contributed by atoms with Crippen LogP contribution < -0.4 is 9.64 Å². The minimum Gasteiger partial charge on any atom is -0.478 e. The summed E-state index contributed by atoms with van der Waals surface area (Å²) in [6.07, 6.45) is 2.70. The predicted molar refractivity (Wildman–Crippen MR) is 90.3 cm³/mol. The smallest absolute Gasteiger partial charge is 0.228 e. The number of amides is 1. The lowest BCUT2D eigenvalue weighted by Gasteiger charge is -2.35.